The van der Waals surface area contributed by atoms with Crippen molar-refractivity contribution in [2.75, 3.05) is 6.54 Å². The van der Waals surface area contributed by atoms with E-state index < -0.39 is 0 Å². The highest BCUT2D eigenvalue weighted by Gasteiger charge is 2.27. The van der Waals surface area contributed by atoms with Crippen LogP contribution < -0.4 is 16.4 Å². The van der Waals surface area contributed by atoms with E-state index in [-0.39, 0.29) is 23.9 Å². The molecule has 1 aliphatic heterocycles. The number of amides is 1. The van der Waals surface area contributed by atoms with Crippen LogP contribution in [0, 0.1) is 11.8 Å². The summed E-state index contributed by atoms with van der Waals surface area (Å²) in [5.41, 5.74) is 5.82. The summed E-state index contributed by atoms with van der Waals surface area (Å²) in [4.78, 5) is 11.8. The molecule has 1 heterocycles. The van der Waals surface area contributed by atoms with E-state index in [9.17, 15) is 4.79 Å². The topological polar surface area (TPSA) is 67.2 Å². The first-order valence-corrected chi connectivity index (χ1v) is 6.69. The Labute approximate surface area is 105 Å². The molecule has 1 aliphatic rings. The average molecular weight is 241 g/mol. The molecule has 4 N–H and O–H groups in total. The third kappa shape index (κ3) is 4.64. The largest absolute Gasteiger partial charge is 0.351 e. The second kappa shape index (κ2) is 6.36. The lowest BCUT2D eigenvalue weighted by atomic mass is 10.0. The smallest absolute Gasteiger partial charge is 0.237 e. The van der Waals surface area contributed by atoms with E-state index in [0.717, 1.165) is 13.0 Å². The second-order valence-corrected chi connectivity index (χ2v) is 5.95. The number of rotatable bonds is 5. The van der Waals surface area contributed by atoms with Crippen LogP contribution in [-0.2, 0) is 4.79 Å². The molecule has 0 aromatic carbocycles. The quantitative estimate of drug-likeness (QED) is 0.669. The number of carbonyl (C=O) groups excluding carboxylic acids is 1. The van der Waals surface area contributed by atoms with Gasteiger partial charge in [0.2, 0.25) is 5.91 Å². The first kappa shape index (κ1) is 14.5. The lowest BCUT2D eigenvalue weighted by Gasteiger charge is -2.19. The average Bonchev–Trinajstić information content (AvgIpc) is 2.63. The van der Waals surface area contributed by atoms with Gasteiger partial charge in [0.05, 0.1) is 6.04 Å². The monoisotopic (exact) mass is 241 g/mol. The molecule has 17 heavy (non-hydrogen) atoms. The van der Waals surface area contributed by atoms with Crippen LogP contribution in [-0.4, -0.2) is 30.6 Å². The van der Waals surface area contributed by atoms with Crippen molar-refractivity contribution in [1.82, 2.24) is 10.6 Å². The number of hydrogen-bond donors (Lipinski definition) is 3. The third-order valence-corrected chi connectivity index (χ3v) is 3.35. The Balaban J connectivity index is 2.32. The molecule has 4 heteroatoms. The fourth-order valence-electron chi connectivity index (χ4n) is 2.28. The van der Waals surface area contributed by atoms with Crippen LogP contribution in [0.1, 0.15) is 40.5 Å². The molecule has 0 radical (unpaired) electrons. The summed E-state index contributed by atoms with van der Waals surface area (Å²) in [6.07, 6.45) is 2.19. The molecule has 0 aliphatic carbocycles. The van der Waals surface area contributed by atoms with Crippen molar-refractivity contribution < 1.29 is 4.79 Å². The second-order valence-electron chi connectivity index (χ2n) is 5.95. The van der Waals surface area contributed by atoms with Crippen molar-refractivity contribution in [3.63, 3.8) is 0 Å². The molecule has 0 aromatic rings. The zero-order valence-electron chi connectivity index (χ0n) is 11.5. The zero-order chi connectivity index (χ0) is 13.0. The Morgan fingerprint density at radius 3 is 2.59 bits per heavy atom. The van der Waals surface area contributed by atoms with E-state index in [1.54, 1.807) is 0 Å². The molecule has 1 unspecified atom stereocenters. The van der Waals surface area contributed by atoms with Gasteiger partial charge in [-0.15, -0.1) is 0 Å². The van der Waals surface area contributed by atoms with Crippen LogP contribution in [0.5, 0.6) is 0 Å². The van der Waals surface area contributed by atoms with E-state index >= 15 is 0 Å². The maximum Gasteiger partial charge on any atom is 0.237 e. The predicted octanol–water partition coefficient (Wildman–Crippen LogP) is 0.863. The highest BCUT2D eigenvalue weighted by molar-refractivity contribution is 5.82. The molecule has 1 fully saturated rings. The zero-order valence-corrected chi connectivity index (χ0v) is 11.5. The molecule has 0 bridgehead atoms. The minimum Gasteiger partial charge on any atom is -0.351 e. The first-order chi connectivity index (χ1) is 7.90. The van der Waals surface area contributed by atoms with Crippen molar-refractivity contribution >= 4 is 5.91 Å². The summed E-state index contributed by atoms with van der Waals surface area (Å²) >= 11 is 0. The van der Waals surface area contributed by atoms with Crippen LogP contribution in [0.4, 0.5) is 0 Å². The van der Waals surface area contributed by atoms with Crippen LogP contribution >= 0.6 is 0 Å². The Hall–Kier alpha value is -0.610. The molecule has 0 spiro atoms. The molecule has 3 atom stereocenters. The molecule has 1 amide bonds. The summed E-state index contributed by atoms with van der Waals surface area (Å²) in [5, 5.41) is 6.49. The number of carbonyl (C=O) groups is 1. The Kier molecular flexibility index (Phi) is 5.40. The fourth-order valence-corrected chi connectivity index (χ4v) is 2.28. The summed E-state index contributed by atoms with van der Waals surface area (Å²) < 4.78 is 0. The van der Waals surface area contributed by atoms with Gasteiger partial charge in [-0.25, -0.2) is 0 Å². The summed E-state index contributed by atoms with van der Waals surface area (Å²) in [7, 11) is 0. The van der Waals surface area contributed by atoms with Crippen LogP contribution in [0.3, 0.4) is 0 Å². The van der Waals surface area contributed by atoms with Crippen LogP contribution in [0.15, 0.2) is 0 Å². The SMILES string of the molecule is CC(C)C[C@@H]1CC(NC(=O)[C@H](N)C(C)C)CN1. The predicted molar refractivity (Wildman–Crippen MR) is 70.6 cm³/mol. The van der Waals surface area contributed by atoms with Gasteiger partial charge in [-0.1, -0.05) is 27.7 Å². The van der Waals surface area contributed by atoms with Crippen molar-refractivity contribution in [3.05, 3.63) is 0 Å². The van der Waals surface area contributed by atoms with Gasteiger partial charge in [-0.3, -0.25) is 4.79 Å². The van der Waals surface area contributed by atoms with Crippen LogP contribution in [0.25, 0.3) is 0 Å². The van der Waals surface area contributed by atoms with Crippen molar-refractivity contribution in [2.45, 2.75) is 58.7 Å². The highest BCUT2D eigenvalue weighted by Crippen LogP contribution is 2.15. The summed E-state index contributed by atoms with van der Waals surface area (Å²) in [6, 6.07) is 0.394. The maximum atomic E-state index is 11.8. The van der Waals surface area contributed by atoms with Gasteiger partial charge in [-0.2, -0.15) is 0 Å². The molecule has 0 saturated carbocycles. The molecular weight excluding hydrogens is 214 g/mol. The van der Waals surface area contributed by atoms with Gasteiger partial charge in [-0.05, 0) is 24.7 Å². The Morgan fingerprint density at radius 2 is 2.06 bits per heavy atom. The van der Waals surface area contributed by atoms with E-state index in [0.29, 0.717) is 12.0 Å². The molecule has 1 saturated heterocycles. The standard InChI is InChI=1S/C13H27N3O/c1-8(2)5-10-6-11(7-15-10)16-13(17)12(14)9(3)4/h8-12,15H,5-7,14H2,1-4H3,(H,16,17)/t10-,11?,12-/m1/s1. The molecule has 100 valence electrons. The van der Waals surface area contributed by atoms with E-state index in [1.807, 2.05) is 13.8 Å². The summed E-state index contributed by atoms with van der Waals surface area (Å²) in [6.45, 7) is 9.26. The minimum absolute atomic E-state index is 0.0167. The van der Waals surface area contributed by atoms with Gasteiger partial charge in [0.25, 0.3) is 0 Å². The fraction of sp³-hybridized carbons (Fsp3) is 0.923. The van der Waals surface area contributed by atoms with Crippen molar-refractivity contribution in [2.24, 2.45) is 17.6 Å². The van der Waals surface area contributed by atoms with Gasteiger partial charge in [0.1, 0.15) is 0 Å². The number of hydrogen-bond acceptors (Lipinski definition) is 3. The van der Waals surface area contributed by atoms with E-state index in [1.165, 1.54) is 6.42 Å². The Morgan fingerprint density at radius 1 is 1.41 bits per heavy atom. The van der Waals surface area contributed by atoms with Gasteiger partial charge in [0, 0.05) is 18.6 Å². The highest BCUT2D eigenvalue weighted by atomic mass is 16.2. The normalized spacial score (nSPS) is 26.5. The minimum atomic E-state index is -0.390. The number of nitrogens with one attached hydrogen (secondary N) is 2. The van der Waals surface area contributed by atoms with Crippen molar-refractivity contribution in [1.29, 1.82) is 0 Å². The maximum absolute atomic E-state index is 11.8. The Bertz CT molecular complexity index is 253. The lowest BCUT2D eigenvalue weighted by molar-refractivity contribution is -0.123. The van der Waals surface area contributed by atoms with Crippen LogP contribution in [0.2, 0.25) is 0 Å². The van der Waals surface area contributed by atoms with E-state index in [4.69, 9.17) is 5.73 Å². The van der Waals surface area contributed by atoms with E-state index in [2.05, 4.69) is 24.5 Å². The first-order valence-electron chi connectivity index (χ1n) is 6.69. The molecular formula is C13H27N3O. The molecule has 1 rings (SSSR count). The van der Waals surface area contributed by atoms with Gasteiger partial charge in [0.15, 0.2) is 0 Å². The van der Waals surface area contributed by atoms with Crippen molar-refractivity contribution in [3.8, 4) is 0 Å². The summed E-state index contributed by atoms with van der Waals surface area (Å²) in [5.74, 6) is 0.868. The molecule has 0 aromatic heterocycles. The van der Waals surface area contributed by atoms with Gasteiger partial charge < -0.3 is 16.4 Å². The third-order valence-electron chi connectivity index (χ3n) is 3.35. The lowest BCUT2D eigenvalue weighted by Crippen LogP contribution is -2.48. The van der Waals surface area contributed by atoms with Gasteiger partial charge >= 0.3 is 0 Å². The number of nitrogens with two attached hydrogens (primary N) is 1. The molecule has 4 nitrogen and oxygen atoms in total.